The average molecular weight is 428 g/mol. The van der Waals surface area contributed by atoms with Crippen LogP contribution >= 0.6 is 47.8 Å². The second-order valence-corrected chi connectivity index (χ2v) is 5.50. The highest BCUT2D eigenvalue weighted by Gasteiger charge is 2.08. The van der Waals surface area contributed by atoms with Crippen LogP contribution in [0.5, 0.6) is 5.75 Å². The van der Waals surface area contributed by atoms with Crippen LogP contribution in [0.25, 0.3) is 10.4 Å². The minimum absolute atomic E-state index is 0.0407. The van der Waals surface area contributed by atoms with E-state index in [2.05, 4.69) is 57.8 Å². The summed E-state index contributed by atoms with van der Waals surface area (Å²) < 4.78 is 7.84. The molecule has 8 heteroatoms. The van der Waals surface area contributed by atoms with Gasteiger partial charge in [0.15, 0.2) is 0 Å². The zero-order chi connectivity index (χ0) is 12.8. The standard InChI is InChI=1S/C9H6Br3N3O2/c10-5-3-6(11)9(7(12)4-5)17-2-1-8(16)14-15-13/h3-4H,1-2H2. The normalized spacial score (nSPS) is 9.59. The van der Waals surface area contributed by atoms with Crippen LogP contribution in [0.4, 0.5) is 0 Å². The van der Waals surface area contributed by atoms with Gasteiger partial charge in [-0.25, -0.2) is 0 Å². The summed E-state index contributed by atoms with van der Waals surface area (Å²) in [5.74, 6) is 0.0544. The first kappa shape index (κ1) is 14.5. The van der Waals surface area contributed by atoms with E-state index in [0.717, 1.165) is 13.4 Å². The molecule has 1 aromatic carbocycles. The van der Waals surface area contributed by atoms with E-state index in [1.165, 1.54) is 0 Å². The van der Waals surface area contributed by atoms with E-state index in [0.29, 0.717) is 5.75 Å². The molecule has 0 heterocycles. The number of carbonyl (C=O) groups excluding carboxylic acids is 1. The van der Waals surface area contributed by atoms with Crippen molar-refractivity contribution in [3.63, 3.8) is 0 Å². The van der Waals surface area contributed by atoms with Crippen molar-refractivity contribution in [1.82, 2.24) is 0 Å². The molecule has 0 radical (unpaired) electrons. The number of benzene rings is 1. The average Bonchev–Trinajstić information content (AvgIpc) is 2.22. The van der Waals surface area contributed by atoms with Crippen molar-refractivity contribution in [3.8, 4) is 5.75 Å². The summed E-state index contributed by atoms with van der Waals surface area (Å²) in [6, 6.07) is 3.66. The molecule has 1 amide bonds. The second kappa shape index (κ2) is 7.00. The molecule has 0 saturated carbocycles. The van der Waals surface area contributed by atoms with Crippen LogP contribution in [0.15, 0.2) is 30.7 Å². The first-order chi connectivity index (χ1) is 8.04. The highest BCUT2D eigenvalue weighted by molar-refractivity contribution is 9.11. The van der Waals surface area contributed by atoms with Crippen LogP contribution in [0.1, 0.15) is 6.42 Å². The van der Waals surface area contributed by atoms with Crippen LogP contribution < -0.4 is 4.74 Å². The molecule has 90 valence electrons. The number of nitrogens with zero attached hydrogens (tertiary/aromatic N) is 3. The maximum Gasteiger partial charge on any atom is 0.222 e. The zero-order valence-corrected chi connectivity index (χ0v) is 13.1. The molecule has 0 aliphatic heterocycles. The number of hydrogen-bond acceptors (Lipinski definition) is 2. The van der Waals surface area contributed by atoms with Gasteiger partial charge < -0.3 is 4.74 Å². The molecule has 0 atom stereocenters. The second-order valence-electron chi connectivity index (χ2n) is 2.88. The van der Waals surface area contributed by atoms with E-state index in [9.17, 15) is 4.79 Å². The Labute approximate surface area is 123 Å². The molecule has 0 aliphatic carbocycles. The molecule has 0 N–H and O–H groups in total. The highest BCUT2D eigenvalue weighted by atomic mass is 79.9. The lowest BCUT2D eigenvalue weighted by Gasteiger charge is -2.09. The molecule has 5 nitrogen and oxygen atoms in total. The Morgan fingerprint density at radius 1 is 1.35 bits per heavy atom. The SMILES string of the molecule is [N-]=[N+]=NC(=O)CCOc1c(Br)cc(Br)cc1Br. The molecule has 0 aliphatic rings. The molecule has 1 aromatic rings. The van der Waals surface area contributed by atoms with Crippen molar-refractivity contribution in [2.24, 2.45) is 5.11 Å². The molecule has 1 rings (SSSR count). The van der Waals surface area contributed by atoms with Crippen LogP contribution in [-0.4, -0.2) is 12.5 Å². The number of ether oxygens (including phenoxy) is 1. The summed E-state index contributed by atoms with van der Waals surface area (Å²) in [6.45, 7) is 0.149. The molecule has 0 aromatic heterocycles. The fourth-order valence-corrected chi connectivity index (χ4v) is 3.49. The van der Waals surface area contributed by atoms with Gasteiger partial charge in [0, 0.05) is 15.8 Å². The fourth-order valence-electron chi connectivity index (χ4n) is 1.01. The van der Waals surface area contributed by atoms with Crippen molar-refractivity contribution in [3.05, 3.63) is 36.0 Å². The maximum absolute atomic E-state index is 10.9. The Bertz CT molecular complexity index is 463. The molecule has 0 saturated heterocycles. The van der Waals surface area contributed by atoms with E-state index in [1.807, 2.05) is 12.1 Å². The summed E-state index contributed by atoms with van der Waals surface area (Å²) in [5, 5.41) is 2.95. The summed E-state index contributed by atoms with van der Waals surface area (Å²) in [5.41, 5.74) is 8.05. The molecular weight excluding hydrogens is 422 g/mol. The van der Waals surface area contributed by atoms with Crippen molar-refractivity contribution in [2.75, 3.05) is 6.61 Å². The predicted octanol–water partition coefficient (Wildman–Crippen LogP) is 4.58. The third kappa shape index (κ3) is 4.67. The Morgan fingerprint density at radius 2 is 1.94 bits per heavy atom. The third-order valence-electron chi connectivity index (χ3n) is 1.68. The Hall–Kier alpha value is -0.560. The number of amides is 1. The van der Waals surface area contributed by atoms with Gasteiger partial charge >= 0.3 is 0 Å². The van der Waals surface area contributed by atoms with Crippen molar-refractivity contribution >= 4 is 53.7 Å². The Morgan fingerprint density at radius 3 is 2.47 bits per heavy atom. The minimum Gasteiger partial charge on any atom is -0.491 e. The number of halogens is 3. The number of azide groups is 1. The molecule has 17 heavy (non-hydrogen) atoms. The van der Waals surface area contributed by atoms with Gasteiger partial charge in [-0.15, -0.1) is 0 Å². The number of hydrogen-bond donors (Lipinski definition) is 0. The van der Waals surface area contributed by atoms with E-state index < -0.39 is 5.91 Å². The quantitative estimate of drug-likeness (QED) is 0.400. The van der Waals surface area contributed by atoms with Gasteiger partial charge in [0.25, 0.3) is 0 Å². The third-order valence-corrected chi connectivity index (χ3v) is 3.32. The lowest BCUT2D eigenvalue weighted by molar-refractivity contribution is -0.118. The number of rotatable bonds is 4. The summed E-state index contributed by atoms with van der Waals surface area (Å²) in [6.07, 6.45) is 0.0407. The first-order valence-electron chi connectivity index (χ1n) is 4.40. The van der Waals surface area contributed by atoms with Gasteiger partial charge in [0.2, 0.25) is 5.91 Å². The van der Waals surface area contributed by atoms with Crippen molar-refractivity contribution < 1.29 is 9.53 Å². The van der Waals surface area contributed by atoms with E-state index >= 15 is 0 Å². The smallest absolute Gasteiger partial charge is 0.222 e. The van der Waals surface area contributed by atoms with Gasteiger partial charge in [-0.2, -0.15) is 0 Å². The van der Waals surface area contributed by atoms with Gasteiger partial charge in [-0.3, -0.25) is 4.79 Å². The van der Waals surface area contributed by atoms with Crippen LogP contribution in [0.2, 0.25) is 0 Å². The van der Waals surface area contributed by atoms with Crippen molar-refractivity contribution in [2.45, 2.75) is 6.42 Å². The largest absolute Gasteiger partial charge is 0.491 e. The topological polar surface area (TPSA) is 75.1 Å². The zero-order valence-electron chi connectivity index (χ0n) is 8.36. The molecule has 0 unspecified atom stereocenters. The Balaban J connectivity index is 2.64. The molecule has 0 spiro atoms. The highest BCUT2D eigenvalue weighted by Crippen LogP contribution is 2.36. The van der Waals surface area contributed by atoms with Crippen LogP contribution in [-0.2, 0) is 4.79 Å². The Kier molecular flexibility index (Phi) is 5.97. The van der Waals surface area contributed by atoms with Crippen LogP contribution in [0.3, 0.4) is 0 Å². The minimum atomic E-state index is -0.545. The summed E-state index contributed by atoms with van der Waals surface area (Å²) in [4.78, 5) is 13.3. The predicted molar refractivity (Wildman–Crippen MR) is 73.8 cm³/mol. The lowest BCUT2D eigenvalue weighted by atomic mass is 10.3. The van der Waals surface area contributed by atoms with E-state index in [4.69, 9.17) is 10.3 Å². The van der Waals surface area contributed by atoms with Gasteiger partial charge in [-0.05, 0) is 54.6 Å². The maximum atomic E-state index is 10.9. The molecular formula is C9H6Br3N3O2. The van der Waals surface area contributed by atoms with Crippen molar-refractivity contribution in [1.29, 1.82) is 0 Å². The first-order valence-corrected chi connectivity index (χ1v) is 6.77. The van der Waals surface area contributed by atoms with Gasteiger partial charge in [-0.1, -0.05) is 15.9 Å². The monoisotopic (exact) mass is 425 g/mol. The van der Waals surface area contributed by atoms with Gasteiger partial charge in [0.05, 0.1) is 15.6 Å². The van der Waals surface area contributed by atoms with Gasteiger partial charge in [0.1, 0.15) is 5.75 Å². The lowest BCUT2D eigenvalue weighted by Crippen LogP contribution is -2.04. The summed E-state index contributed by atoms with van der Waals surface area (Å²) >= 11 is 10.0. The van der Waals surface area contributed by atoms with E-state index in [1.54, 1.807) is 0 Å². The number of carbonyl (C=O) groups is 1. The molecule has 0 fully saturated rings. The summed E-state index contributed by atoms with van der Waals surface area (Å²) in [7, 11) is 0. The fraction of sp³-hybridized carbons (Fsp3) is 0.222. The molecule has 0 bridgehead atoms. The van der Waals surface area contributed by atoms with E-state index in [-0.39, 0.29) is 13.0 Å². The van der Waals surface area contributed by atoms with Crippen LogP contribution in [0, 0.1) is 0 Å².